The maximum absolute atomic E-state index is 5.45. The highest BCUT2D eigenvalue weighted by Crippen LogP contribution is 2.28. The molecule has 0 radical (unpaired) electrons. The molecule has 1 fully saturated rings. The van der Waals surface area contributed by atoms with E-state index in [1.165, 1.54) is 6.42 Å². The largest absolute Gasteiger partial charge is 0.380 e. The van der Waals surface area contributed by atoms with Crippen molar-refractivity contribution in [2.45, 2.75) is 33.2 Å². The molecule has 2 unspecified atom stereocenters. The summed E-state index contributed by atoms with van der Waals surface area (Å²) in [6, 6.07) is 0.785. The fourth-order valence-corrected chi connectivity index (χ4v) is 1.24. The van der Waals surface area contributed by atoms with E-state index in [2.05, 4.69) is 26.1 Å². The number of hydrogen-bond donors (Lipinski definition) is 1. The summed E-state index contributed by atoms with van der Waals surface area (Å²) in [6.45, 7) is 9.41. The second-order valence-electron chi connectivity index (χ2n) is 4.24. The zero-order valence-corrected chi connectivity index (χ0v) is 8.47. The van der Waals surface area contributed by atoms with Crippen LogP contribution in [0.2, 0.25) is 0 Å². The molecule has 0 aliphatic heterocycles. The van der Waals surface area contributed by atoms with Crippen LogP contribution in [0.25, 0.3) is 0 Å². The standard InChI is InChI=1S/C10H21NO/c1-8(2)7-12-5-4-11-10-6-9(10)3/h8-11H,4-7H2,1-3H3. The molecule has 0 aromatic rings. The third kappa shape index (κ3) is 4.07. The molecule has 1 saturated carbocycles. The molecule has 0 amide bonds. The lowest BCUT2D eigenvalue weighted by molar-refractivity contribution is 0.111. The Labute approximate surface area is 75.7 Å². The zero-order chi connectivity index (χ0) is 8.97. The van der Waals surface area contributed by atoms with Gasteiger partial charge in [0.1, 0.15) is 0 Å². The summed E-state index contributed by atoms with van der Waals surface area (Å²) in [5.41, 5.74) is 0. The third-order valence-corrected chi connectivity index (χ3v) is 2.21. The highest BCUT2D eigenvalue weighted by atomic mass is 16.5. The lowest BCUT2D eigenvalue weighted by Gasteiger charge is -2.07. The van der Waals surface area contributed by atoms with E-state index in [0.29, 0.717) is 5.92 Å². The molecule has 0 bridgehead atoms. The van der Waals surface area contributed by atoms with Crippen LogP contribution in [-0.2, 0) is 4.74 Å². The van der Waals surface area contributed by atoms with Crippen molar-refractivity contribution >= 4 is 0 Å². The predicted octanol–water partition coefficient (Wildman–Crippen LogP) is 1.66. The van der Waals surface area contributed by atoms with Crippen molar-refractivity contribution in [2.24, 2.45) is 11.8 Å². The summed E-state index contributed by atoms with van der Waals surface area (Å²) in [5, 5.41) is 3.46. The Morgan fingerprint density at radius 3 is 2.67 bits per heavy atom. The number of nitrogens with one attached hydrogen (secondary N) is 1. The molecule has 2 heteroatoms. The molecular weight excluding hydrogens is 150 g/mol. The molecule has 2 atom stereocenters. The highest BCUT2D eigenvalue weighted by molar-refractivity contribution is 4.89. The first-order chi connectivity index (χ1) is 5.70. The molecule has 72 valence electrons. The minimum absolute atomic E-state index is 0.657. The van der Waals surface area contributed by atoms with E-state index < -0.39 is 0 Å². The Kier molecular flexibility index (Phi) is 4.02. The van der Waals surface area contributed by atoms with Gasteiger partial charge in [0.25, 0.3) is 0 Å². The topological polar surface area (TPSA) is 21.3 Å². The van der Waals surface area contributed by atoms with Crippen LogP contribution < -0.4 is 5.32 Å². The summed E-state index contributed by atoms with van der Waals surface area (Å²) >= 11 is 0. The van der Waals surface area contributed by atoms with Gasteiger partial charge in [0.05, 0.1) is 6.61 Å². The van der Waals surface area contributed by atoms with E-state index in [4.69, 9.17) is 4.74 Å². The first-order valence-corrected chi connectivity index (χ1v) is 5.01. The van der Waals surface area contributed by atoms with Crippen LogP contribution in [0.4, 0.5) is 0 Å². The van der Waals surface area contributed by atoms with Crippen molar-refractivity contribution in [1.82, 2.24) is 5.32 Å². The van der Waals surface area contributed by atoms with Gasteiger partial charge in [-0.2, -0.15) is 0 Å². The minimum Gasteiger partial charge on any atom is -0.380 e. The monoisotopic (exact) mass is 171 g/mol. The summed E-state index contributed by atoms with van der Waals surface area (Å²) in [4.78, 5) is 0. The molecule has 1 aliphatic rings. The Hall–Kier alpha value is -0.0800. The van der Waals surface area contributed by atoms with Gasteiger partial charge in [0, 0.05) is 19.2 Å². The van der Waals surface area contributed by atoms with Crippen LogP contribution >= 0.6 is 0 Å². The number of ether oxygens (including phenoxy) is 1. The average Bonchev–Trinajstić information content (AvgIpc) is 2.65. The SMILES string of the molecule is CC(C)COCCNC1CC1C. The third-order valence-electron chi connectivity index (χ3n) is 2.21. The molecule has 0 aromatic heterocycles. The lowest BCUT2D eigenvalue weighted by Crippen LogP contribution is -2.23. The van der Waals surface area contributed by atoms with Crippen LogP contribution in [0.15, 0.2) is 0 Å². The summed E-state index contributed by atoms with van der Waals surface area (Å²) in [7, 11) is 0. The maximum atomic E-state index is 5.45. The van der Waals surface area contributed by atoms with Crippen LogP contribution in [-0.4, -0.2) is 25.8 Å². The van der Waals surface area contributed by atoms with Gasteiger partial charge in [0.15, 0.2) is 0 Å². The quantitative estimate of drug-likeness (QED) is 0.614. The van der Waals surface area contributed by atoms with Gasteiger partial charge in [-0.1, -0.05) is 20.8 Å². The fraction of sp³-hybridized carbons (Fsp3) is 1.00. The Morgan fingerprint density at radius 2 is 2.17 bits per heavy atom. The molecule has 1 rings (SSSR count). The smallest absolute Gasteiger partial charge is 0.0591 e. The number of rotatable bonds is 6. The second-order valence-corrected chi connectivity index (χ2v) is 4.24. The van der Waals surface area contributed by atoms with Crippen molar-refractivity contribution in [3.05, 3.63) is 0 Å². The lowest BCUT2D eigenvalue weighted by atomic mass is 10.2. The number of hydrogen-bond acceptors (Lipinski definition) is 2. The van der Waals surface area contributed by atoms with E-state index in [0.717, 1.165) is 31.7 Å². The first-order valence-electron chi connectivity index (χ1n) is 5.01. The second kappa shape index (κ2) is 4.83. The van der Waals surface area contributed by atoms with Crippen molar-refractivity contribution in [2.75, 3.05) is 19.8 Å². The molecule has 2 nitrogen and oxygen atoms in total. The summed E-state index contributed by atoms with van der Waals surface area (Å²) in [6.07, 6.45) is 1.35. The molecule has 0 saturated heterocycles. The van der Waals surface area contributed by atoms with Gasteiger partial charge in [0.2, 0.25) is 0 Å². The zero-order valence-electron chi connectivity index (χ0n) is 8.47. The van der Waals surface area contributed by atoms with Gasteiger partial charge in [-0.25, -0.2) is 0 Å². The Balaban J connectivity index is 1.77. The Morgan fingerprint density at radius 1 is 1.50 bits per heavy atom. The molecular formula is C10H21NO. The van der Waals surface area contributed by atoms with E-state index in [1.807, 2.05) is 0 Å². The summed E-state index contributed by atoms with van der Waals surface area (Å²) in [5.74, 6) is 1.56. The molecule has 1 N–H and O–H groups in total. The van der Waals surface area contributed by atoms with E-state index in [-0.39, 0.29) is 0 Å². The van der Waals surface area contributed by atoms with Crippen LogP contribution in [0.3, 0.4) is 0 Å². The van der Waals surface area contributed by atoms with Gasteiger partial charge in [-0.3, -0.25) is 0 Å². The van der Waals surface area contributed by atoms with E-state index in [1.54, 1.807) is 0 Å². The molecule has 1 aliphatic carbocycles. The van der Waals surface area contributed by atoms with Crippen molar-refractivity contribution < 1.29 is 4.74 Å². The average molecular weight is 171 g/mol. The van der Waals surface area contributed by atoms with Gasteiger partial charge < -0.3 is 10.1 Å². The van der Waals surface area contributed by atoms with Crippen LogP contribution in [0.1, 0.15) is 27.2 Å². The minimum atomic E-state index is 0.657. The molecule has 0 spiro atoms. The Bertz CT molecular complexity index is 125. The van der Waals surface area contributed by atoms with Crippen LogP contribution in [0.5, 0.6) is 0 Å². The van der Waals surface area contributed by atoms with Crippen molar-refractivity contribution in [3.63, 3.8) is 0 Å². The molecule has 0 aromatic carbocycles. The molecule has 12 heavy (non-hydrogen) atoms. The maximum Gasteiger partial charge on any atom is 0.0591 e. The summed E-state index contributed by atoms with van der Waals surface area (Å²) < 4.78 is 5.45. The first kappa shape index (κ1) is 10.0. The molecule has 0 heterocycles. The van der Waals surface area contributed by atoms with E-state index >= 15 is 0 Å². The highest BCUT2D eigenvalue weighted by Gasteiger charge is 2.31. The predicted molar refractivity (Wildman–Crippen MR) is 51.2 cm³/mol. The fourth-order valence-electron chi connectivity index (χ4n) is 1.24. The normalized spacial score (nSPS) is 28.0. The van der Waals surface area contributed by atoms with Gasteiger partial charge in [-0.05, 0) is 18.3 Å². The van der Waals surface area contributed by atoms with Gasteiger partial charge in [-0.15, -0.1) is 0 Å². The van der Waals surface area contributed by atoms with Gasteiger partial charge >= 0.3 is 0 Å². The van der Waals surface area contributed by atoms with Crippen molar-refractivity contribution in [3.8, 4) is 0 Å². The van der Waals surface area contributed by atoms with Crippen molar-refractivity contribution in [1.29, 1.82) is 0 Å². The van der Waals surface area contributed by atoms with Crippen LogP contribution in [0, 0.1) is 11.8 Å². The van der Waals surface area contributed by atoms with E-state index in [9.17, 15) is 0 Å².